The molecule has 0 radical (unpaired) electrons. The van der Waals surface area contributed by atoms with Gasteiger partial charge in [-0.2, -0.15) is 0 Å². The van der Waals surface area contributed by atoms with Gasteiger partial charge >= 0.3 is 0 Å². The Morgan fingerprint density at radius 1 is 1.12 bits per heavy atom. The third kappa shape index (κ3) is 3.80. The number of rotatable bonds is 5. The Morgan fingerprint density at radius 3 is 2.84 bits per heavy atom. The van der Waals surface area contributed by atoms with E-state index in [2.05, 4.69) is 59.3 Å². The third-order valence-electron chi connectivity index (χ3n) is 4.65. The summed E-state index contributed by atoms with van der Waals surface area (Å²) < 4.78 is 0. The normalized spacial score (nSPS) is 14.4. The second-order valence-corrected chi connectivity index (χ2v) is 7.77. The summed E-state index contributed by atoms with van der Waals surface area (Å²) in [5.41, 5.74) is 3.86. The molecule has 3 nitrogen and oxygen atoms in total. The first-order valence-corrected chi connectivity index (χ1v) is 9.83. The van der Waals surface area contributed by atoms with Gasteiger partial charge in [-0.15, -0.1) is 11.3 Å². The van der Waals surface area contributed by atoms with E-state index in [1.54, 1.807) is 0 Å². The minimum Gasteiger partial charge on any atom is -0.292 e. The molecular formula is C21H23N3S. The van der Waals surface area contributed by atoms with Gasteiger partial charge in [0.2, 0.25) is 0 Å². The van der Waals surface area contributed by atoms with Crippen molar-refractivity contribution in [2.45, 2.75) is 39.3 Å². The summed E-state index contributed by atoms with van der Waals surface area (Å²) in [6.45, 7) is 5.20. The minimum atomic E-state index is 0.938. The van der Waals surface area contributed by atoms with Crippen LogP contribution in [0, 0.1) is 0 Å². The van der Waals surface area contributed by atoms with Crippen molar-refractivity contribution >= 4 is 11.3 Å². The molecule has 0 unspecified atom stereocenters. The lowest BCUT2D eigenvalue weighted by atomic mass is 10.1. The fourth-order valence-corrected chi connectivity index (χ4v) is 4.37. The second kappa shape index (κ2) is 7.46. The molecule has 0 N–H and O–H groups in total. The zero-order valence-electron chi connectivity index (χ0n) is 14.6. The molecule has 25 heavy (non-hydrogen) atoms. The van der Waals surface area contributed by atoms with E-state index in [0.29, 0.717) is 0 Å². The number of nitrogens with zero attached hydrogens (tertiary/aromatic N) is 3. The lowest BCUT2D eigenvalue weighted by molar-refractivity contribution is 0.243. The highest BCUT2D eigenvalue weighted by molar-refractivity contribution is 7.15. The molecule has 1 aliphatic rings. The number of fused-ring (bicyclic) bond motifs is 1. The van der Waals surface area contributed by atoms with Crippen molar-refractivity contribution < 1.29 is 0 Å². The number of aryl methyl sites for hydroxylation is 1. The fraction of sp³-hybridized carbons (Fsp3) is 0.333. The number of aromatic nitrogens is 2. The largest absolute Gasteiger partial charge is 0.292 e. The van der Waals surface area contributed by atoms with E-state index in [1.807, 2.05) is 17.5 Å². The third-order valence-corrected chi connectivity index (χ3v) is 5.77. The summed E-state index contributed by atoms with van der Waals surface area (Å²) in [6, 6.07) is 15.1. The molecule has 0 bridgehead atoms. The van der Waals surface area contributed by atoms with Crippen LogP contribution in [-0.4, -0.2) is 21.4 Å². The molecule has 4 rings (SSSR count). The van der Waals surface area contributed by atoms with E-state index in [0.717, 1.165) is 44.7 Å². The van der Waals surface area contributed by atoms with Crippen molar-refractivity contribution in [3.63, 3.8) is 0 Å². The average molecular weight is 350 g/mol. The van der Waals surface area contributed by atoms with Gasteiger partial charge in [-0.1, -0.05) is 37.3 Å². The van der Waals surface area contributed by atoms with Crippen molar-refractivity contribution in [2.24, 2.45) is 0 Å². The lowest BCUT2D eigenvalue weighted by Gasteiger charge is -2.27. The van der Waals surface area contributed by atoms with Gasteiger partial charge in [0.05, 0.1) is 5.69 Å². The van der Waals surface area contributed by atoms with Crippen LogP contribution in [0.15, 0.2) is 48.7 Å². The smallest absolute Gasteiger partial charge is 0.128 e. The van der Waals surface area contributed by atoms with Crippen LogP contribution >= 0.6 is 11.3 Å². The molecule has 0 fully saturated rings. The van der Waals surface area contributed by atoms with Crippen molar-refractivity contribution in [3.8, 4) is 10.4 Å². The van der Waals surface area contributed by atoms with Gasteiger partial charge < -0.3 is 0 Å². The molecule has 0 atom stereocenters. The van der Waals surface area contributed by atoms with Crippen molar-refractivity contribution in [1.29, 1.82) is 0 Å². The monoisotopic (exact) mass is 349 g/mol. The van der Waals surface area contributed by atoms with Crippen LogP contribution in [0.5, 0.6) is 0 Å². The maximum atomic E-state index is 4.80. The van der Waals surface area contributed by atoms with Crippen molar-refractivity contribution in [2.75, 3.05) is 6.54 Å². The molecule has 0 aliphatic carbocycles. The summed E-state index contributed by atoms with van der Waals surface area (Å²) in [5, 5.41) is 0. The van der Waals surface area contributed by atoms with E-state index in [4.69, 9.17) is 4.98 Å². The Balaban J connectivity index is 1.46. The maximum Gasteiger partial charge on any atom is 0.128 e. The van der Waals surface area contributed by atoms with Gasteiger partial charge in [0.25, 0.3) is 0 Å². The topological polar surface area (TPSA) is 29.0 Å². The first-order chi connectivity index (χ1) is 12.3. The number of thiophene rings is 1. The lowest BCUT2D eigenvalue weighted by Crippen LogP contribution is -2.31. The summed E-state index contributed by atoms with van der Waals surface area (Å²) in [7, 11) is 0. The summed E-state index contributed by atoms with van der Waals surface area (Å²) >= 11 is 1.90. The summed E-state index contributed by atoms with van der Waals surface area (Å²) in [4.78, 5) is 14.6. The first kappa shape index (κ1) is 16.4. The van der Waals surface area contributed by atoms with Crippen molar-refractivity contribution in [3.05, 3.63) is 70.6 Å². The van der Waals surface area contributed by atoms with Crippen LogP contribution in [0.3, 0.4) is 0 Å². The van der Waals surface area contributed by atoms with Gasteiger partial charge in [-0.3, -0.25) is 4.90 Å². The molecule has 1 aromatic carbocycles. The predicted octanol–water partition coefficient (Wildman–Crippen LogP) is 4.72. The zero-order chi connectivity index (χ0) is 17.1. The van der Waals surface area contributed by atoms with Crippen molar-refractivity contribution in [1.82, 2.24) is 14.9 Å². The number of hydrogen-bond acceptors (Lipinski definition) is 4. The van der Waals surface area contributed by atoms with Gasteiger partial charge in [-0.05, 0) is 36.1 Å². The molecular weight excluding hydrogens is 326 g/mol. The standard InChI is InChI=1S/C21H23N3S/c1-2-6-21-22-13-17-11-12-24(15-19(17)23-21)14-18-9-10-20(25-18)16-7-4-3-5-8-16/h3-5,7-10,13H,2,6,11-12,14-15H2,1H3. The van der Waals surface area contributed by atoms with Crippen LogP contribution in [0.25, 0.3) is 10.4 Å². The van der Waals surface area contributed by atoms with Gasteiger partial charge in [0.15, 0.2) is 0 Å². The summed E-state index contributed by atoms with van der Waals surface area (Å²) in [6.07, 6.45) is 5.17. The van der Waals surface area contributed by atoms with Crippen LogP contribution in [0.2, 0.25) is 0 Å². The van der Waals surface area contributed by atoms with Gasteiger partial charge in [-0.25, -0.2) is 9.97 Å². The Kier molecular flexibility index (Phi) is 4.90. The van der Waals surface area contributed by atoms with Gasteiger partial charge in [0.1, 0.15) is 5.82 Å². The molecule has 1 aliphatic heterocycles. The molecule has 128 valence electrons. The number of benzene rings is 1. The Bertz CT molecular complexity index is 841. The Hall–Kier alpha value is -2.04. The molecule has 0 amide bonds. The molecule has 4 heteroatoms. The molecule has 0 saturated carbocycles. The molecule has 0 spiro atoms. The van der Waals surface area contributed by atoms with E-state index in [1.165, 1.54) is 26.6 Å². The highest BCUT2D eigenvalue weighted by atomic mass is 32.1. The maximum absolute atomic E-state index is 4.80. The quantitative estimate of drug-likeness (QED) is 0.667. The van der Waals surface area contributed by atoms with Crippen LogP contribution < -0.4 is 0 Å². The molecule has 3 heterocycles. The average Bonchev–Trinajstić information content (AvgIpc) is 3.11. The van der Waals surface area contributed by atoms with E-state index >= 15 is 0 Å². The first-order valence-electron chi connectivity index (χ1n) is 9.02. The van der Waals surface area contributed by atoms with E-state index in [-0.39, 0.29) is 0 Å². The Labute approximate surface area is 153 Å². The predicted molar refractivity (Wildman–Crippen MR) is 104 cm³/mol. The highest BCUT2D eigenvalue weighted by Gasteiger charge is 2.19. The molecule has 3 aromatic rings. The number of hydrogen-bond donors (Lipinski definition) is 0. The second-order valence-electron chi connectivity index (χ2n) is 6.60. The van der Waals surface area contributed by atoms with Crippen LogP contribution in [-0.2, 0) is 25.9 Å². The zero-order valence-corrected chi connectivity index (χ0v) is 15.4. The van der Waals surface area contributed by atoms with E-state index < -0.39 is 0 Å². The van der Waals surface area contributed by atoms with Crippen LogP contribution in [0.4, 0.5) is 0 Å². The van der Waals surface area contributed by atoms with Gasteiger partial charge in [0, 0.05) is 42.0 Å². The minimum absolute atomic E-state index is 0.938. The van der Waals surface area contributed by atoms with Crippen LogP contribution in [0.1, 0.15) is 35.3 Å². The SMILES string of the molecule is CCCc1ncc2c(n1)CN(Cc1ccc(-c3ccccc3)s1)CC2. The Morgan fingerprint density at radius 2 is 2.00 bits per heavy atom. The fourth-order valence-electron chi connectivity index (χ4n) is 3.32. The molecule has 0 saturated heterocycles. The van der Waals surface area contributed by atoms with E-state index in [9.17, 15) is 0 Å². The molecule has 2 aromatic heterocycles. The highest BCUT2D eigenvalue weighted by Crippen LogP contribution is 2.29. The summed E-state index contributed by atoms with van der Waals surface area (Å²) in [5.74, 6) is 0.991.